The lowest BCUT2D eigenvalue weighted by molar-refractivity contribution is 0.0581. The molecule has 26 heavy (non-hydrogen) atoms. The Morgan fingerprint density at radius 3 is 2.88 bits per heavy atom. The second kappa shape index (κ2) is 7.04. The molecule has 1 N–H and O–H groups in total. The molecule has 0 radical (unpaired) electrons. The highest BCUT2D eigenvalue weighted by molar-refractivity contribution is 5.98. The summed E-state index contributed by atoms with van der Waals surface area (Å²) in [5.74, 6) is 0.972. The zero-order valence-corrected chi connectivity index (χ0v) is 15.7. The lowest BCUT2D eigenvalue weighted by atomic mass is 9.93. The smallest absolute Gasteiger partial charge is 0.259 e. The number of hydrogen-bond donors (Lipinski definition) is 1. The minimum Gasteiger partial charge on any atom is -0.496 e. The van der Waals surface area contributed by atoms with Crippen molar-refractivity contribution in [2.45, 2.75) is 31.8 Å². The average Bonchev–Trinajstić information content (AvgIpc) is 3.04. The van der Waals surface area contributed by atoms with Gasteiger partial charge in [0.2, 0.25) is 0 Å². The molecule has 1 amide bonds. The molecule has 4 aliphatic rings. The second-order valence-electron chi connectivity index (χ2n) is 7.80. The molecule has 3 saturated heterocycles. The number of ether oxygens (including phenoxy) is 1. The third kappa shape index (κ3) is 3.03. The van der Waals surface area contributed by atoms with Crippen LogP contribution in [0, 0.1) is 5.92 Å². The van der Waals surface area contributed by atoms with Crippen LogP contribution in [-0.2, 0) is 13.0 Å². The van der Waals surface area contributed by atoms with Crippen molar-refractivity contribution in [1.82, 2.24) is 19.7 Å². The van der Waals surface area contributed by atoms with E-state index in [0.717, 1.165) is 44.8 Å². The molecule has 142 valence electrons. The monoisotopic (exact) mass is 360 g/mol. The molecular formula is C19H28N4O3. The van der Waals surface area contributed by atoms with E-state index >= 15 is 0 Å². The molecule has 1 aromatic rings. The summed E-state index contributed by atoms with van der Waals surface area (Å²) >= 11 is 0. The second-order valence-corrected chi connectivity index (χ2v) is 7.80. The fraction of sp³-hybridized carbons (Fsp3) is 0.684. The standard InChI is InChI=1S/C19H28N4O3/c1-21-10-13-3-4-14(12-21)23(11-13)19(25)18-15-5-6-20-7-8-22(15)17(24)9-16(18)26-2/h9,13-14,20H,3-8,10-12H2,1-2H3/t13-,14+/m0/s1. The van der Waals surface area contributed by atoms with Crippen LogP contribution >= 0.6 is 0 Å². The van der Waals surface area contributed by atoms with Gasteiger partial charge in [0.15, 0.2) is 0 Å². The Hall–Kier alpha value is -1.86. The number of nitrogens with one attached hydrogen (secondary N) is 1. The molecule has 0 unspecified atom stereocenters. The Labute approximate surface area is 153 Å². The van der Waals surface area contributed by atoms with Crippen LogP contribution < -0.4 is 15.6 Å². The van der Waals surface area contributed by atoms with Crippen LogP contribution in [0.2, 0.25) is 0 Å². The molecule has 2 bridgehead atoms. The maximum Gasteiger partial charge on any atom is 0.259 e. The summed E-state index contributed by atoms with van der Waals surface area (Å²) < 4.78 is 7.23. The van der Waals surface area contributed by atoms with E-state index in [4.69, 9.17) is 4.74 Å². The fourth-order valence-corrected chi connectivity index (χ4v) is 4.80. The molecule has 7 nitrogen and oxygen atoms in total. The van der Waals surface area contributed by atoms with Crippen LogP contribution in [0.15, 0.2) is 10.9 Å². The fourth-order valence-electron chi connectivity index (χ4n) is 4.80. The largest absolute Gasteiger partial charge is 0.496 e. The van der Waals surface area contributed by atoms with Gasteiger partial charge >= 0.3 is 0 Å². The number of carbonyl (C=O) groups excluding carboxylic acids is 1. The van der Waals surface area contributed by atoms with Crippen LogP contribution in [0.5, 0.6) is 5.75 Å². The summed E-state index contributed by atoms with van der Waals surface area (Å²) in [5.41, 5.74) is 1.32. The number of likely N-dealkylation sites (N-methyl/N-ethyl adjacent to an activating group) is 1. The van der Waals surface area contributed by atoms with E-state index in [2.05, 4.69) is 17.3 Å². The predicted octanol–water partition coefficient (Wildman–Crippen LogP) is 0.169. The topological polar surface area (TPSA) is 66.8 Å². The third-order valence-corrected chi connectivity index (χ3v) is 6.02. The van der Waals surface area contributed by atoms with Crippen molar-refractivity contribution >= 4 is 5.91 Å². The zero-order valence-electron chi connectivity index (χ0n) is 15.7. The van der Waals surface area contributed by atoms with Gasteiger partial charge in [-0.05, 0) is 25.8 Å². The van der Waals surface area contributed by atoms with Gasteiger partial charge in [-0.15, -0.1) is 0 Å². The highest BCUT2D eigenvalue weighted by atomic mass is 16.5. The normalized spacial score (nSPS) is 26.2. The molecule has 0 saturated carbocycles. The number of pyridine rings is 1. The van der Waals surface area contributed by atoms with Crippen molar-refractivity contribution < 1.29 is 9.53 Å². The SMILES string of the molecule is COc1cc(=O)n2c(c1C(=O)N1C[C@H]3CC[C@@H]1CN(C)C3)CCNCC2. The number of aromatic nitrogens is 1. The van der Waals surface area contributed by atoms with Gasteiger partial charge in [-0.25, -0.2) is 0 Å². The number of rotatable bonds is 2. The van der Waals surface area contributed by atoms with Crippen LogP contribution in [0.3, 0.4) is 0 Å². The first-order valence-electron chi connectivity index (χ1n) is 9.59. The Bertz CT molecular complexity index is 760. The highest BCUT2D eigenvalue weighted by Gasteiger charge is 2.38. The summed E-state index contributed by atoms with van der Waals surface area (Å²) in [7, 11) is 3.68. The molecular weight excluding hydrogens is 332 g/mol. The minimum absolute atomic E-state index is 0.0255. The van der Waals surface area contributed by atoms with Gasteiger partial charge in [0.1, 0.15) is 11.3 Å². The molecule has 0 aliphatic carbocycles. The van der Waals surface area contributed by atoms with E-state index < -0.39 is 0 Å². The van der Waals surface area contributed by atoms with Crippen molar-refractivity contribution in [2.24, 2.45) is 5.92 Å². The van der Waals surface area contributed by atoms with Gasteiger partial charge in [-0.3, -0.25) is 9.59 Å². The predicted molar refractivity (Wildman–Crippen MR) is 98.9 cm³/mol. The molecule has 4 aliphatic heterocycles. The summed E-state index contributed by atoms with van der Waals surface area (Å²) in [6, 6.07) is 1.72. The maximum absolute atomic E-state index is 13.6. The summed E-state index contributed by atoms with van der Waals surface area (Å²) in [6.07, 6.45) is 2.90. The van der Waals surface area contributed by atoms with E-state index in [9.17, 15) is 9.59 Å². The van der Waals surface area contributed by atoms with Gasteiger partial charge in [0.25, 0.3) is 11.5 Å². The Morgan fingerprint density at radius 2 is 2.08 bits per heavy atom. The molecule has 5 rings (SSSR count). The molecule has 2 atom stereocenters. The van der Waals surface area contributed by atoms with Crippen molar-refractivity contribution in [3.8, 4) is 5.75 Å². The molecule has 3 fully saturated rings. The molecule has 7 heteroatoms. The van der Waals surface area contributed by atoms with Crippen molar-refractivity contribution in [2.75, 3.05) is 46.9 Å². The first-order chi connectivity index (χ1) is 12.6. The molecule has 1 aromatic heterocycles. The Morgan fingerprint density at radius 1 is 1.23 bits per heavy atom. The maximum atomic E-state index is 13.6. The number of methoxy groups -OCH3 is 1. The van der Waals surface area contributed by atoms with Crippen LogP contribution in [0.4, 0.5) is 0 Å². The van der Waals surface area contributed by atoms with Gasteiger partial charge in [0.05, 0.1) is 7.11 Å². The third-order valence-electron chi connectivity index (χ3n) is 6.02. The lowest BCUT2D eigenvalue weighted by Crippen LogP contribution is -2.48. The van der Waals surface area contributed by atoms with Gasteiger partial charge in [-0.2, -0.15) is 0 Å². The number of piperidine rings is 1. The summed E-state index contributed by atoms with van der Waals surface area (Å²) in [5, 5.41) is 3.32. The number of fused-ring (bicyclic) bond motifs is 5. The number of hydrogen-bond acceptors (Lipinski definition) is 5. The first kappa shape index (κ1) is 17.5. The van der Waals surface area contributed by atoms with E-state index in [1.54, 1.807) is 11.7 Å². The quantitative estimate of drug-likeness (QED) is 0.814. The Kier molecular flexibility index (Phi) is 4.75. The number of amides is 1. The molecule has 0 aromatic carbocycles. The van der Waals surface area contributed by atoms with Gasteiger partial charge in [0, 0.05) is 63.5 Å². The van der Waals surface area contributed by atoms with Crippen LogP contribution in [0.25, 0.3) is 0 Å². The summed E-state index contributed by atoms with van der Waals surface area (Å²) in [4.78, 5) is 30.5. The van der Waals surface area contributed by atoms with Crippen LogP contribution in [0.1, 0.15) is 28.9 Å². The lowest BCUT2D eigenvalue weighted by Gasteiger charge is -2.37. The van der Waals surface area contributed by atoms with Crippen molar-refractivity contribution in [3.63, 3.8) is 0 Å². The van der Waals surface area contributed by atoms with Crippen LogP contribution in [-0.4, -0.2) is 73.2 Å². The van der Waals surface area contributed by atoms with Gasteiger partial charge in [-0.1, -0.05) is 0 Å². The van der Waals surface area contributed by atoms with Crippen molar-refractivity contribution in [1.29, 1.82) is 0 Å². The molecule has 0 spiro atoms. The highest BCUT2D eigenvalue weighted by Crippen LogP contribution is 2.31. The number of carbonyl (C=O) groups is 1. The molecule has 5 heterocycles. The summed E-state index contributed by atoms with van der Waals surface area (Å²) in [6.45, 7) is 4.86. The van der Waals surface area contributed by atoms with E-state index in [1.165, 1.54) is 12.5 Å². The van der Waals surface area contributed by atoms with E-state index in [0.29, 0.717) is 30.2 Å². The van der Waals surface area contributed by atoms with E-state index in [1.807, 2.05) is 4.90 Å². The first-order valence-corrected chi connectivity index (χ1v) is 9.59. The van der Waals surface area contributed by atoms with Crippen molar-refractivity contribution in [3.05, 3.63) is 27.7 Å². The Balaban J connectivity index is 1.77. The zero-order chi connectivity index (χ0) is 18.3. The average molecular weight is 360 g/mol. The van der Waals surface area contributed by atoms with Gasteiger partial charge < -0.3 is 24.4 Å². The minimum atomic E-state index is -0.0887. The number of nitrogens with zero attached hydrogens (tertiary/aromatic N) is 3. The van der Waals surface area contributed by atoms with E-state index in [-0.39, 0.29) is 17.5 Å².